The molecule has 74 valence electrons. The van der Waals surface area contributed by atoms with E-state index in [1.165, 1.54) is 6.92 Å². The fraction of sp³-hybridized carbons (Fsp3) is 0.700. The monoisotopic (exact) mass is 183 g/mol. The summed E-state index contributed by atoms with van der Waals surface area (Å²) >= 11 is 0. The first kappa shape index (κ1) is 10.3. The van der Waals surface area contributed by atoms with Crippen LogP contribution in [-0.4, -0.2) is 24.0 Å². The second-order valence-corrected chi connectivity index (χ2v) is 3.67. The van der Waals surface area contributed by atoms with Crippen LogP contribution in [0.5, 0.6) is 0 Å². The molecule has 13 heavy (non-hydrogen) atoms. The highest BCUT2D eigenvalue weighted by atomic mass is 16.3. The van der Waals surface area contributed by atoms with Gasteiger partial charge in [0.2, 0.25) is 0 Å². The van der Waals surface area contributed by atoms with Gasteiger partial charge in [0.15, 0.2) is 0 Å². The van der Waals surface area contributed by atoms with Gasteiger partial charge in [0.25, 0.3) is 0 Å². The summed E-state index contributed by atoms with van der Waals surface area (Å²) in [7, 11) is 0. The molecule has 1 saturated heterocycles. The van der Waals surface area contributed by atoms with Crippen molar-refractivity contribution < 1.29 is 9.90 Å². The molecule has 0 aromatic carbocycles. The lowest BCUT2D eigenvalue weighted by molar-refractivity contribution is -0.122. The van der Waals surface area contributed by atoms with Crippen LogP contribution in [0.25, 0.3) is 0 Å². The molecule has 0 radical (unpaired) electrons. The van der Waals surface area contributed by atoms with Crippen molar-refractivity contribution in [3.63, 3.8) is 0 Å². The molecule has 0 unspecified atom stereocenters. The van der Waals surface area contributed by atoms with Crippen LogP contribution in [0.15, 0.2) is 12.3 Å². The molecule has 0 amide bonds. The summed E-state index contributed by atoms with van der Waals surface area (Å²) < 4.78 is 0. The summed E-state index contributed by atoms with van der Waals surface area (Å²) in [5, 5.41) is 12.5. The molecule has 0 bridgehead atoms. The van der Waals surface area contributed by atoms with Gasteiger partial charge in [0.1, 0.15) is 5.78 Å². The third-order valence-electron chi connectivity index (χ3n) is 2.65. The Balaban J connectivity index is 2.62. The average Bonchev–Trinajstić information content (AvgIpc) is 2.04. The summed E-state index contributed by atoms with van der Waals surface area (Å²) in [5.41, 5.74) is 0. The smallest absolute Gasteiger partial charge is 0.140 e. The van der Waals surface area contributed by atoms with Crippen LogP contribution in [-0.2, 0) is 4.79 Å². The molecule has 1 rings (SSSR count). The molecule has 1 aliphatic rings. The second-order valence-electron chi connectivity index (χ2n) is 3.67. The van der Waals surface area contributed by atoms with Crippen molar-refractivity contribution in [2.45, 2.75) is 19.8 Å². The van der Waals surface area contributed by atoms with Crippen LogP contribution >= 0.6 is 0 Å². The zero-order chi connectivity index (χ0) is 9.84. The molecule has 2 N–H and O–H groups in total. The van der Waals surface area contributed by atoms with Gasteiger partial charge in [0, 0.05) is 0 Å². The Labute approximate surface area is 78.8 Å². The summed E-state index contributed by atoms with van der Waals surface area (Å²) in [5.74, 6) is -0.0165. The number of aliphatic hydroxyl groups excluding tert-OH is 1. The SMILES string of the molecule is C=C(O)[C@@H](C(C)=O)C1CCNCC1. The minimum Gasteiger partial charge on any atom is -0.512 e. The van der Waals surface area contributed by atoms with E-state index in [2.05, 4.69) is 11.9 Å². The number of allylic oxidation sites excluding steroid dienone is 1. The molecule has 3 heteroatoms. The molecule has 1 aliphatic heterocycles. The lowest BCUT2D eigenvalue weighted by Gasteiger charge is -2.28. The Morgan fingerprint density at radius 3 is 2.46 bits per heavy atom. The van der Waals surface area contributed by atoms with E-state index in [4.69, 9.17) is 0 Å². The van der Waals surface area contributed by atoms with Crippen LogP contribution < -0.4 is 5.32 Å². The van der Waals surface area contributed by atoms with Crippen molar-refractivity contribution >= 4 is 5.78 Å². The maximum atomic E-state index is 11.2. The van der Waals surface area contributed by atoms with E-state index in [0.717, 1.165) is 25.9 Å². The average molecular weight is 183 g/mol. The maximum Gasteiger partial charge on any atom is 0.140 e. The van der Waals surface area contributed by atoms with E-state index < -0.39 is 0 Å². The number of carbonyl (C=O) groups is 1. The molecule has 0 spiro atoms. The first-order chi connectivity index (χ1) is 6.13. The van der Waals surface area contributed by atoms with Crippen molar-refractivity contribution in [3.8, 4) is 0 Å². The van der Waals surface area contributed by atoms with E-state index >= 15 is 0 Å². The predicted molar refractivity (Wildman–Crippen MR) is 51.5 cm³/mol. The van der Waals surface area contributed by atoms with Gasteiger partial charge in [-0.1, -0.05) is 6.58 Å². The Hall–Kier alpha value is -0.830. The van der Waals surface area contributed by atoms with Crippen molar-refractivity contribution in [1.82, 2.24) is 5.32 Å². The molecular weight excluding hydrogens is 166 g/mol. The van der Waals surface area contributed by atoms with Crippen LogP contribution in [0.2, 0.25) is 0 Å². The number of Topliss-reactive ketones (excluding diaryl/α,β-unsaturated/α-hetero) is 1. The number of hydrogen-bond acceptors (Lipinski definition) is 3. The lowest BCUT2D eigenvalue weighted by atomic mass is 9.82. The van der Waals surface area contributed by atoms with E-state index in [0.29, 0.717) is 0 Å². The molecule has 0 saturated carbocycles. The zero-order valence-corrected chi connectivity index (χ0v) is 8.05. The Bertz CT molecular complexity index is 193. The van der Waals surface area contributed by atoms with Gasteiger partial charge in [-0.05, 0) is 38.8 Å². The van der Waals surface area contributed by atoms with Gasteiger partial charge in [-0.2, -0.15) is 0 Å². The number of carbonyl (C=O) groups excluding carboxylic acids is 1. The quantitative estimate of drug-likeness (QED) is 0.648. The van der Waals surface area contributed by atoms with Gasteiger partial charge >= 0.3 is 0 Å². The van der Waals surface area contributed by atoms with Crippen molar-refractivity contribution in [2.75, 3.05) is 13.1 Å². The molecule has 0 aromatic rings. The van der Waals surface area contributed by atoms with Crippen molar-refractivity contribution in [1.29, 1.82) is 0 Å². The third-order valence-corrected chi connectivity index (χ3v) is 2.65. The summed E-state index contributed by atoms with van der Waals surface area (Å²) in [4.78, 5) is 11.2. The van der Waals surface area contributed by atoms with Gasteiger partial charge in [0.05, 0.1) is 11.7 Å². The number of hydrogen-bond donors (Lipinski definition) is 2. The maximum absolute atomic E-state index is 11.2. The van der Waals surface area contributed by atoms with Crippen LogP contribution in [0.1, 0.15) is 19.8 Å². The topological polar surface area (TPSA) is 49.3 Å². The number of nitrogens with one attached hydrogen (secondary N) is 1. The zero-order valence-electron chi connectivity index (χ0n) is 8.05. The molecule has 1 atom stereocenters. The van der Waals surface area contributed by atoms with Crippen LogP contribution in [0, 0.1) is 11.8 Å². The molecular formula is C10H17NO2. The van der Waals surface area contributed by atoms with E-state index in [-0.39, 0.29) is 23.4 Å². The largest absolute Gasteiger partial charge is 0.512 e. The highest BCUT2D eigenvalue weighted by Gasteiger charge is 2.29. The number of aliphatic hydroxyl groups is 1. The Morgan fingerprint density at radius 2 is 2.08 bits per heavy atom. The standard InChI is InChI=1S/C10H17NO2/c1-7(12)10(8(2)13)9-3-5-11-6-4-9/h9-12H,1,3-6H2,2H3/t10-/m0/s1. The van der Waals surface area contributed by atoms with Gasteiger partial charge in [-0.25, -0.2) is 0 Å². The van der Waals surface area contributed by atoms with Gasteiger partial charge < -0.3 is 10.4 Å². The highest BCUT2D eigenvalue weighted by Crippen LogP contribution is 2.26. The molecule has 0 aliphatic carbocycles. The van der Waals surface area contributed by atoms with Crippen molar-refractivity contribution in [2.24, 2.45) is 11.8 Å². The summed E-state index contributed by atoms with van der Waals surface area (Å²) in [6.45, 7) is 6.85. The second kappa shape index (κ2) is 4.42. The van der Waals surface area contributed by atoms with E-state index in [1.807, 2.05) is 0 Å². The first-order valence-electron chi connectivity index (χ1n) is 4.72. The fourth-order valence-corrected chi connectivity index (χ4v) is 2.02. The Kier molecular flexibility index (Phi) is 3.48. The fourth-order valence-electron chi connectivity index (χ4n) is 2.02. The number of rotatable bonds is 3. The van der Waals surface area contributed by atoms with Crippen LogP contribution in [0.4, 0.5) is 0 Å². The summed E-state index contributed by atoms with van der Waals surface area (Å²) in [6, 6.07) is 0. The lowest BCUT2D eigenvalue weighted by Crippen LogP contribution is -2.34. The van der Waals surface area contributed by atoms with Gasteiger partial charge in [-0.15, -0.1) is 0 Å². The minimum atomic E-state index is -0.345. The highest BCUT2D eigenvalue weighted by molar-refractivity contribution is 5.80. The normalized spacial score (nSPS) is 21.0. The molecule has 0 aromatic heterocycles. The molecule has 3 nitrogen and oxygen atoms in total. The molecule has 1 heterocycles. The number of ketones is 1. The van der Waals surface area contributed by atoms with Crippen LogP contribution in [0.3, 0.4) is 0 Å². The third kappa shape index (κ3) is 2.56. The Morgan fingerprint density at radius 1 is 1.54 bits per heavy atom. The van der Waals surface area contributed by atoms with Crippen molar-refractivity contribution in [3.05, 3.63) is 12.3 Å². The molecule has 1 fully saturated rings. The number of piperidine rings is 1. The van der Waals surface area contributed by atoms with E-state index in [1.54, 1.807) is 0 Å². The van der Waals surface area contributed by atoms with Gasteiger partial charge in [-0.3, -0.25) is 4.79 Å². The minimum absolute atomic E-state index is 0.0272. The predicted octanol–water partition coefficient (Wildman–Crippen LogP) is 1.26. The first-order valence-corrected chi connectivity index (χ1v) is 4.72. The van der Waals surface area contributed by atoms with E-state index in [9.17, 15) is 9.90 Å². The summed E-state index contributed by atoms with van der Waals surface area (Å²) in [6.07, 6.45) is 1.90.